The molecule has 0 aromatic carbocycles. The lowest BCUT2D eigenvalue weighted by atomic mass is 10.1. The Morgan fingerprint density at radius 2 is 2.32 bits per heavy atom. The van der Waals surface area contributed by atoms with Gasteiger partial charge in [-0.25, -0.2) is 9.78 Å². The van der Waals surface area contributed by atoms with Gasteiger partial charge in [-0.05, 0) is 18.1 Å². The number of fused-ring (bicyclic) bond motifs is 3. The standard InChI is InChI=1S/C12H15N3O2.2ClH/c1-17-12(16)9-4-8-5-10-7-13-2-3-15(10)11(8)14-6-9;;/h4,6,10,13H,2-3,5,7H2,1H3;2*1H. The number of aromatic nitrogens is 1. The summed E-state index contributed by atoms with van der Waals surface area (Å²) >= 11 is 0. The highest BCUT2D eigenvalue weighted by atomic mass is 35.5. The second-order valence-corrected chi connectivity index (χ2v) is 4.45. The second kappa shape index (κ2) is 6.41. The lowest BCUT2D eigenvalue weighted by molar-refractivity contribution is 0.0600. The van der Waals surface area contributed by atoms with Crippen molar-refractivity contribution >= 4 is 36.6 Å². The number of nitrogens with one attached hydrogen (secondary N) is 1. The van der Waals surface area contributed by atoms with E-state index in [4.69, 9.17) is 4.74 Å². The first-order valence-corrected chi connectivity index (χ1v) is 5.84. The molecule has 2 aliphatic heterocycles. The minimum absolute atomic E-state index is 0. The number of nitrogens with zero attached hydrogens (tertiary/aromatic N) is 2. The first-order valence-electron chi connectivity index (χ1n) is 5.84. The smallest absolute Gasteiger partial charge is 0.339 e. The molecule has 1 atom stereocenters. The molecule has 2 aliphatic rings. The molecular weight excluding hydrogens is 289 g/mol. The molecule has 1 unspecified atom stereocenters. The predicted molar refractivity (Wildman–Crippen MR) is 77.8 cm³/mol. The van der Waals surface area contributed by atoms with Crippen LogP contribution in [-0.2, 0) is 11.2 Å². The van der Waals surface area contributed by atoms with Gasteiger partial charge in [0.2, 0.25) is 0 Å². The molecule has 0 amide bonds. The number of halogens is 2. The van der Waals surface area contributed by atoms with Gasteiger partial charge in [0, 0.05) is 31.9 Å². The molecule has 5 nitrogen and oxygen atoms in total. The lowest BCUT2D eigenvalue weighted by Crippen LogP contribution is -2.49. The Balaban J connectivity index is 0.000000902. The number of methoxy groups -OCH3 is 1. The number of ether oxygens (including phenoxy) is 1. The van der Waals surface area contributed by atoms with E-state index in [1.54, 1.807) is 6.20 Å². The van der Waals surface area contributed by atoms with Gasteiger partial charge in [-0.2, -0.15) is 0 Å². The number of anilines is 1. The van der Waals surface area contributed by atoms with Crippen molar-refractivity contribution in [2.24, 2.45) is 0 Å². The highest BCUT2D eigenvalue weighted by Crippen LogP contribution is 2.31. The Labute approximate surface area is 124 Å². The largest absolute Gasteiger partial charge is 0.465 e. The molecule has 1 aromatic heterocycles. The molecule has 1 fully saturated rings. The molecule has 0 spiro atoms. The van der Waals surface area contributed by atoms with E-state index >= 15 is 0 Å². The third-order valence-corrected chi connectivity index (χ3v) is 3.44. The van der Waals surface area contributed by atoms with Crippen LogP contribution < -0.4 is 10.2 Å². The predicted octanol–water partition coefficient (Wildman–Crippen LogP) is 1.05. The summed E-state index contributed by atoms with van der Waals surface area (Å²) in [5.41, 5.74) is 1.70. The molecule has 3 heterocycles. The van der Waals surface area contributed by atoms with Crippen LogP contribution in [0.5, 0.6) is 0 Å². The van der Waals surface area contributed by atoms with Crippen LogP contribution in [0.3, 0.4) is 0 Å². The Bertz CT molecular complexity index is 470. The normalized spacial score (nSPS) is 19.6. The minimum atomic E-state index is -0.316. The van der Waals surface area contributed by atoms with Crippen LogP contribution >= 0.6 is 24.8 Å². The molecule has 7 heteroatoms. The Kier molecular flexibility index (Phi) is 5.40. The third kappa shape index (κ3) is 2.78. The zero-order chi connectivity index (χ0) is 11.8. The fourth-order valence-electron chi connectivity index (χ4n) is 2.62. The van der Waals surface area contributed by atoms with Gasteiger partial charge in [0.15, 0.2) is 0 Å². The summed E-state index contributed by atoms with van der Waals surface area (Å²) in [5.74, 6) is 0.715. The average Bonchev–Trinajstić information content (AvgIpc) is 2.75. The number of esters is 1. The van der Waals surface area contributed by atoms with E-state index in [0.717, 1.165) is 37.4 Å². The van der Waals surface area contributed by atoms with Gasteiger partial charge >= 0.3 is 5.97 Å². The number of carbonyl (C=O) groups excluding carboxylic acids is 1. The van der Waals surface area contributed by atoms with Crippen molar-refractivity contribution in [2.75, 3.05) is 31.6 Å². The molecule has 106 valence electrons. The van der Waals surface area contributed by atoms with E-state index in [-0.39, 0.29) is 30.8 Å². The van der Waals surface area contributed by atoms with Gasteiger partial charge in [-0.15, -0.1) is 24.8 Å². The summed E-state index contributed by atoms with van der Waals surface area (Å²) < 4.78 is 4.71. The van der Waals surface area contributed by atoms with Crippen LogP contribution in [0.25, 0.3) is 0 Å². The van der Waals surface area contributed by atoms with E-state index in [9.17, 15) is 4.79 Å². The summed E-state index contributed by atoms with van der Waals surface area (Å²) in [5, 5.41) is 3.38. The van der Waals surface area contributed by atoms with E-state index in [0.29, 0.717) is 11.6 Å². The first kappa shape index (κ1) is 16.0. The number of piperazine rings is 1. The van der Waals surface area contributed by atoms with Crippen LogP contribution in [0.15, 0.2) is 12.3 Å². The molecule has 3 rings (SSSR count). The summed E-state index contributed by atoms with van der Waals surface area (Å²) in [6, 6.07) is 2.39. The van der Waals surface area contributed by atoms with Gasteiger partial charge in [0.05, 0.1) is 12.7 Å². The summed E-state index contributed by atoms with van der Waals surface area (Å²) in [6.07, 6.45) is 2.56. The third-order valence-electron chi connectivity index (χ3n) is 3.44. The van der Waals surface area contributed by atoms with E-state index in [1.165, 1.54) is 7.11 Å². The maximum absolute atomic E-state index is 11.4. The van der Waals surface area contributed by atoms with Crippen LogP contribution in [0, 0.1) is 0 Å². The Morgan fingerprint density at radius 3 is 3.05 bits per heavy atom. The topological polar surface area (TPSA) is 54.5 Å². The van der Waals surface area contributed by atoms with Crippen molar-refractivity contribution < 1.29 is 9.53 Å². The highest BCUT2D eigenvalue weighted by Gasteiger charge is 2.32. The minimum Gasteiger partial charge on any atom is -0.465 e. The number of rotatable bonds is 1. The summed E-state index contributed by atoms with van der Waals surface area (Å²) in [4.78, 5) is 18.2. The molecule has 0 bridgehead atoms. The van der Waals surface area contributed by atoms with Crippen molar-refractivity contribution in [1.82, 2.24) is 10.3 Å². The van der Waals surface area contributed by atoms with Crippen molar-refractivity contribution in [3.63, 3.8) is 0 Å². The molecule has 19 heavy (non-hydrogen) atoms. The van der Waals surface area contributed by atoms with Gasteiger partial charge in [-0.1, -0.05) is 0 Å². The molecule has 0 saturated carbocycles. The first-order chi connectivity index (χ1) is 8.29. The van der Waals surface area contributed by atoms with Crippen LogP contribution in [0.1, 0.15) is 15.9 Å². The number of pyridine rings is 1. The molecular formula is C12H17Cl2N3O2. The maximum atomic E-state index is 11.4. The molecule has 1 N–H and O–H groups in total. The van der Waals surface area contributed by atoms with Crippen molar-refractivity contribution in [3.05, 3.63) is 23.4 Å². The van der Waals surface area contributed by atoms with Gasteiger partial charge in [-0.3, -0.25) is 0 Å². The maximum Gasteiger partial charge on any atom is 0.339 e. The molecule has 1 aromatic rings. The fourth-order valence-corrected chi connectivity index (χ4v) is 2.62. The van der Waals surface area contributed by atoms with Crippen LogP contribution in [0.2, 0.25) is 0 Å². The second-order valence-electron chi connectivity index (χ2n) is 4.45. The zero-order valence-electron chi connectivity index (χ0n) is 10.6. The fraction of sp³-hybridized carbons (Fsp3) is 0.500. The lowest BCUT2D eigenvalue weighted by Gasteiger charge is -2.31. The van der Waals surface area contributed by atoms with Crippen molar-refractivity contribution in [2.45, 2.75) is 12.5 Å². The quantitative estimate of drug-likeness (QED) is 0.786. The average molecular weight is 306 g/mol. The SMILES string of the molecule is COC(=O)c1cnc2c(c1)CC1CNCCN21.Cl.Cl. The van der Waals surface area contributed by atoms with E-state index < -0.39 is 0 Å². The summed E-state index contributed by atoms with van der Waals surface area (Å²) in [7, 11) is 1.39. The molecule has 0 radical (unpaired) electrons. The van der Waals surface area contributed by atoms with E-state index in [2.05, 4.69) is 15.2 Å². The van der Waals surface area contributed by atoms with Crippen LogP contribution in [0.4, 0.5) is 5.82 Å². The van der Waals surface area contributed by atoms with Gasteiger partial charge in [0.25, 0.3) is 0 Å². The summed E-state index contributed by atoms with van der Waals surface area (Å²) in [6.45, 7) is 2.97. The Morgan fingerprint density at radius 1 is 1.53 bits per heavy atom. The number of hydrogen-bond donors (Lipinski definition) is 1. The highest BCUT2D eigenvalue weighted by molar-refractivity contribution is 5.89. The molecule has 1 saturated heterocycles. The van der Waals surface area contributed by atoms with Crippen molar-refractivity contribution in [1.29, 1.82) is 0 Å². The van der Waals surface area contributed by atoms with Crippen molar-refractivity contribution in [3.8, 4) is 0 Å². The van der Waals surface area contributed by atoms with Crippen LogP contribution in [-0.4, -0.2) is 43.7 Å². The van der Waals surface area contributed by atoms with Gasteiger partial charge < -0.3 is 15.0 Å². The Hall–Kier alpha value is -1.04. The number of hydrogen-bond acceptors (Lipinski definition) is 5. The number of carbonyl (C=O) groups is 1. The van der Waals surface area contributed by atoms with Gasteiger partial charge in [0.1, 0.15) is 5.82 Å². The molecule has 0 aliphatic carbocycles. The monoisotopic (exact) mass is 305 g/mol. The zero-order valence-corrected chi connectivity index (χ0v) is 12.2. The van der Waals surface area contributed by atoms with E-state index in [1.807, 2.05) is 6.07 Å².